The molecule has 0 spiro atoms. The van der Waals surface area contributed by atoms with Crippen LogP contribution < -0.4 is 11.5 Å². The molecule has 1 aliphatic rings. The molecule has 2 heterocycles. The first kappa shape index (κ1) is 31.1. The molecule has 3 atom stereocenters. The van der Waals surface area contributed by atoms with E-state index >= 15 is 0 Å². The van der Waals surface area contributed by atoms with Crippen molar-refractivity contribution in [3.63, 3.8) is 0 Å². The molecule has 1 saturated heterocycles. The highest BCUT2D eigenvalue weighted by atomic mass is 32.1. The van der Waals surface area contributed by atoms with Crippen molar-refractivity contribution in [3.05, 3.63) is 41.5 Å². The number of carbonyl (C=O) groups excluding carboxylic acids is 4. The van der Waals surface area contributed by atoms with E-state index in [1.165, 1.54) is 11.3 Å². The molecule has 3 rings (SSSR count). The largest absolute Gasteiger partial charge is 0.370 e. The number of thiazole rings is 1. The number of nitrogens with zero attached hydrogens (tertiary/aromatic N) is 3. The number of hydrogen-bond donors (Lipinski definition) is 2. The van der Waals surface area contributed by atoms with E-state index in [4.69, 9.17) is 11.5 Å². The second-order valence-electron chi connectivity index (χ2n) is 10.5. The maximum absolute atomic E-state index is 13.7. The molecule has 1 fully saturated rings. The number of halogens is 1. The van der Waals surface area contributed by atoms with E-state index in [1.807, 2.05) is 44.2 Å². The minimum absolute atomic E-state index is 0.0105. The van der Waals surface area contributed by atoms with E-state index in [2.05, 4.69) is 9.98 Å². The summed E-state index contributed by atoms with van der Waals surface area (Å²) < 4.78 is 13.2. The van der Waals surface area contributed by atoms with Gasteiger partial charge in [-0.1, -0.05) is 44.2 Å². The standard InChI is InChI=1S/C29H38FN5O4S/c1-18(2)21(15-24(37)27-34-17-26(40-27)19-8-4-3-5-9-19)28(39)35-13-7-11-22(35)23(36)14-20(25(38)16-30)10-6-12-33-29(31)32/h3-5,8-9,17-18,20-22H,6-7,10-16H2,1-2H3,(H4,31,32,33)/t20-,21+,22+/m1/s1. The number of amides is 1. The van der Waals surface area contributed by atoms with E-state index in [1.54, 1.807) is 11.1 Å². The van der Waals surface area contributed by atoms with Gasteiger partial charge in [-0.25, -0.2) is 9.37 Å². The predicted molar refractivity (Wildman–Crippen MR) is 154 cm³/mol. The zero-order valence-corrected chi connectivity index (χ0v) is 23.9. The summed E-state index contributed by atoms with van der Waals surface area (Å²) in [6.07, 6.45) is 3.32. The number of carbonyl (C=O) groups is 4. The molecule has 0 aliphatic carbocycles. The van der Waals surface area contributed by atoms with Crippen LogP contribution in [0.15, 0.2) is 41.5 Å². The summed E-state index contributed by atoms with van der Waals surface area (Å²) in [4.78, 5) is 63.0. The summed E-state index contributed by atoms with van der Waals surface area (Å²) in [5, 5.41) is 0.347. The fourth-order valence-electron chi connectivity index (χ4n) is 5.02. The summed E-state index contributed by atoms with van der Waals surface area (Å²) in [6, 6.07) is 8.95. The van der Waals surface area contributed by atoms with Crippen molar-refractivity contribution in [2.75, 3.05) is 19.8 Å². The first-order chi connectivity index (χ1) is 19.1. The summed E-state index contributed by atoms with van der Waals surface area (Å²) in [7, 11) is 0. The number of guanidine groups is 1. The molecular formula is C29H38FN5O4S. The van der Waals surface area contributed by atoms with Gasteiger partial charge in [-0.3, -0.25) is 24.2 Å². The van der Waals surface area contributed by atoms with Gasteiger partial charge in [-0.15, -0.1) is 11.3 Å². The lowest BCUT2D eigenvalue weighted by atomic mass is 9.87. The number of Topliss-reactive ketones (excluding diaryl/α,β-unsaturated/α-hetero) is 3. The van der Waals surface area contributed by atoms with Crippen molar-refractivity contribution in [2.24, 2.45) is 34.2 Å². The fourth-order valence-corrected chi connectivity index (χ4v) is 5.89. The molecule has 1 amide bonds. The Labute approximate surface area is 238 Å². The molecule has 40 heavy (non-hydrogen) atoms. The predicted octanol–water partition coefficient (Wildman–Crippen LogP) is 3.81. The minimum atomic E-state index is -1.16. The van der Waals surface area contributed by atoms with Gasteiger partial charge in [0.25, 0.3) is 0 Å². The smallest absolute Gasteiger partial charge is 0.227 e. The van der Waals surface area contributed by atoms with Gasteiger partial charge in [0.1, 0.15) is 6.67 Å². The van der Waals surface area contributed by atoms with Gasteiger partial charge in [0, 0.05) is 44.0 Å². The molecule has 1 aromatic carbocycles. The van der Waals surface area contributed by atoms with Gasteiger partial charge >= 0.3 is 0 Å². The summed E-state index contributed by atoms with van der Waals surface area (Å²) in [6.45, 7) is 3.28. The third-order valence-electron chi connectivity index (χ3n) is 7.28. The first-order valence-corrected chi connectivity index (χ1v) is 14.5. The zero-order valence-electron chi connectivity index (χ0n) is 23.1. The van der Waals surface area contributed by atoms with Gasteiger partial charge in [-0.05, 0) is 37.2 Å². The number of hydrogen-bond acceptors (Lipinski definition) is 7. The molecule has 11 heteroatoms. The van der Waals surface area contributed by atoms with Crippen LogP contribution in [-0.2, 0) is 14.4 Å². The van der Waals surface area contributed by atoms with Crippen molar-refractivity contribution in [1.29, 1.82) is 0 Å². The van der Waals surface area contributed by atoms with Crippen LogP contribution in [-0.4, -0.2) is 64.9 Å². The summed E-state index contributed by atoms with van der Waals surface area (Å²) >= 11 is 1.29. The zero-order chi connectivity index (χ0) is 29.2. The number of ketones is 3. The van der Waals surface area contributed by atoms with Crippen molar-refractivity contribution in [2.45, 2.75) is 58.4 Å². The highest BCUT2D eigenvalue weighted by molar-refractivity contribution is 7.17. The SMILES string of the molecule is CC(C)[C@H](CC(=O)c1ncc(-c2ccccc2)s1)C(=O)N1CCC[C@H]1C(=O)C[C@@H](CCCN=C(N)N)C(=O)CF. The lowest BCUT2D eigenvalue weighted by molar-refractivity contribution is -0.142. The van der Waals surface area contributed by atoms with Crippen LogP contribution in [0, 0.1) is 17.8 Å². The topological polar surface area (TPSA) is 149 Å². The van der Waals surface area contributed by atoms with Crippen molar-refractivity contribution >= 4 is 40.6 Å². The monoisotopic (exact) mass is 571 g/mol. The molecule has 216 valence electrons. The summed E-state index contributed by atoms with van der Waals surface area (Å²) in [5.74, 6) is -3.00. The normalized spacial score (nSPS) is 16.5. The number of likely N-dealkylation sites (tertiary alicyclic amines) is 1. The number of rotatable bonds is 15. The van der Waals surface area contributed by atoms with Crippen LogP contribution in [0.1, 0.15) is 62.2 Å². The lowest BCUT2D eigenvalue weighted by Crippen LogP contribution is -2.45. The lowest BCUT2D eigenvalue weighted by Gasteiger charge is -2.30. The number of alkyl halides is 1. The molecule has 1 aliphatic heterocycles. The van der Waals surface area contributed by atoms with Crippen LogP contribution >= 0.6 is 11.3 Å². The Morgan fingerprint density at radius 2 is 1.88 bits per heavy atom. The minimum Gasteiger partial charge on any atom is -0.370 e. The Balaban J connectivity index is 1.67. The Bertz CT molecular complexity index is 1210. The second-order valence-corrected chi connectivity index (χ2v) is 11.5. The first-order valence-electron chi connectivity index (χ1n) is 13.6. The third kappa shape index (κ3) is 8.27. The van der Waals surface area contributed by atoms with Gasteiger partial charge in [0.15, 0.2) is 28.3 Å². The molecule has 0 bridgehead atoms. The van der Waals surface area contributed by atoms with Gasteiger partial charge in [0.2, 0.25) is 5.91 Å². The molecule has 0 radical (unpaired) electrons. The Morgan fingerprint density at radius 3 is 2.52 bits per heavy atom. The van der Waals surface area contributed by atoms with Crippen LogP contribution in [0.25, 0.3) is 10.4 Å². The van der Waals surface area contributed by atoms with Gasteiger partial charge in [-0.2, -0.15) is 0 Å². The molecule has 4 N–H and O–H groups in total. The van der Waals surface area contributed by atoms with Crippen LogP contribution in [0.3, 0.4) is 0 Å². The average Bonchev–Trinajstić information content (AvgIpc) is 3.63. The number of nitrogens with two attached hydrogens (primary N) is 2. The van der Waals surface area contributed by atoms with Crippen LogP contribution in [0.4, 0.5) is 4.39 Å². The molecule has 9 nitrogen and oxygen atoms in total. The third-order valence-corrected chi connectivity index (χ3v) is 8.36. The maximum Gasteiger partial charge on any atom is 0.227 e. The van der Waals surface area contributed by atoms with Crippen molar-refractivity contribution in [3.8, 4) is 10.4 Å². The quantitative estimate of drug-likeness (QED) is 0.143. The van der Waals surface area contributed by atoms with E-state index in [0.29, 0.717) is 30.8 Å². The van der Waals surface area contributed by atoms with E-state index in [9.17, 15) is 23.6 Å². The number of aromatic nitrogens is 1. The Morgan fingerprint density at radius 1 is 1.15 bits per heavy atom. The Hall–Kier alpha value is -3.47. The molecule has 0 saturated carbocycles. The molecule has 1 aromatic heterocycles. The fraction of sp³-hybridized carbons (Fsp3) is 0.517. The van der Waals surface area contributed by atoms with E-state index in [-0.39, 0.29) is 55.2 Å². The number of aliphatic imine (C=N–C) groups is 1. The molecular weight excluding hydrogens is 533 g/mol. The van der Waals surface area contributed by atoms with E-state index < -0.39 is 30.3 Å². The molecule has 0 unspecified atom stereocenters. The highest BCUT2D eigenvalue weighted by Crippen LogP contribution is 2.31. The maximum atomic E-state index is 13.7. The van der Waals surface area contributed by atoms with Gasteiger partial charge in [0.05, 0.1) is 10.9 Å². The Kier molecular flexibility index (Phi) is 11.5. The second kappa shape index (κ2) is 14.8. The summed E-state index contributed by atoms with van der Waals surface area (Å²) in [5.41, 5.74) is 11.6. The van der Waals surface area contributed by atoms with Crippen molar-refractivity contribution < 1.29 is 23.6 Å². The number of benzene rings is 1. The van der Waals surface area contributed by atoms with Crippen molar-refractivity contribution in [1.82, 2.24) is 9.88 Å². The van der Waals surface area contributed by atoms with Crippen LogP contribution in [0.2, 0.25) is 0 Å². The highest BCUT2D eigenvalue weighted by Gasteiger charge is 2.39. The van der Waals surface area contributed by atoms with Gasteiger partial charge < -0.3 is 16.4 Å². The van der Waals surface area contributed by atoms with E-state index in [0.717, 1.165) is 10.4 Å². The average molecular weight is 572 g/mol. The molecule has 2 aromatic rings. The van der Waals surface area contributed by atoms with Crippen LogP contribution in [0.5, 0.6) is 0 Å².